The van der Waals surface area contributed by atoms with Crippen LogP contribution in [0, 0.1) is 0 Å². The molecule has 1 atom stereocenters. The maximum absolute atomic E-state index is 11.6. The van der Waals surface area contributed by atoms with E-state index < -0.39 is 0 Å². The van der Waals surface area contributed by atoms with Gasteiger partial charge in [0.05, 0.1) is 6.20 Å². The van der Waals surface area contributed by atoms with E-state index in [9.17, 15) is 4.79 Å². The Balaban J connectivity index is 2.51. The smallest absolute Gasteiger partial charge is 0.221 e. The minimum Gasteiger partial charge on any atom is -0.356 e. The third kappa shape index (κ3) is 4.46. The summed E-state index contributed by atoms with van der Waals surface area (Å²) >= 11 is 0. The predicted molar refractivity (Wildman–Crippen MR) is 70.8 cm³/mol. The van der Waals surface area contributed by atoms with E-state index in [-0.39, 0.29) is 11.9 Å². The van der Waals surface area contributed by atoms with Crippen molar-refractivity contribution >= 4 is 5.91 Å². The number of rotatable bonds is 7. The fourth-order valence-electron chi connectivity index (χ4n) is 1.87. The van der Waals surface area contributed by atoms with Crippen molar-refractivity contribution in [3.8, 4) is 0 Å². The monoisotopic (exact) mass is 253 g/mol. The van der Waals surface area contributed by atoms with E-state index in [0.29, 0.717) is 19.5 Å². The van der Waals surface area contributed by atoms with Crippen LogP contribution in [-0.2, 0) is 18.4 Å². The predicted octanol–water partition coefficient (Wildman–Crippen LogP) is -0.295. The Hall–Kier alpha value is -1.40. The summed E-state index contributed by atoms with van der Waals surface area (Å²) < 4.78 is 1.77. The molecule has 0 aromatic carbocycles. The molecule has 1 unspecified atom stereocenters. The highest BCUT2D eigenvalue weighted by Crippen LogP contribution is 2.07. The molecule has 1 heterocycles. The molecule has 6 heteroatoms. The third-order valence-corrected chi connectivity index (χ3v) is 2.88. The van der Waals surface area contributed by atoms with Gasteiger partial charge < -0.3 is 11.1 Å². The van der Waals surface area contributed by atoms with Crippen LogP contribution in [0.4, 0.5) is 0 Å². The van der Waals surface area contributed by atoms with E-state index in [4.69, 9.17) is 5.73 Å². The summed E-state index contributed by atoms with van der Waals surface area (Å²) in [7, 11) is 3.86. The van der Waals surface area contributed by atoms with Crippen molar-refractivity contribution < 1.29 is 4.79 Å². The summed E-state index contributed by atoms with van der Waals surface area (Å²) in [6.45, 7) is 3.78. The highest BCUT2D eigenvalue weighted by molar-refractivity contribution is 5.76. The average molecular weight is 253 g/mol. The van der Waals surface area contributed by atoms with Gasteiger partial charge in [-0.2, -0.15) is 5.10 Å². The summed E-state index contributed by atoms with van der Waals surface area (Å²) in [5, 5.41) is 6.92. The van der Waals surface area contributed by atoms with Gasteiger partial charge in [0.25, 0.3) is 0 Å². The summed E-state index contributed by atoms with van der Waals surface area (Å²) in [6, 6.07) is 0.0526. The largest absolute Gasteiger partial charge is 0.356 e. The lowest BCUT2D eigenvalue weighted by Crippen LogP contribution is -2.41. The zero-order valence-electron chi connectivity index (χ0n) is 11.4. The lowest BCUT2D eigenvalue weighted by Gasteiger charge is -2.25. The molecule has 0 saturated carbocycles. The summed E-state index contributed by atoms with van der Waals surface area (Å²) in [6.07, 6.45) is 4.23. The van der Waals surface area contributed by atoms with Gasteiger partial charge in [0.1, 0.15) is 0 Å². The molecule has 0 saturated heterocycles. The van der Waals surface area contributed by atoms with Gasteiger partial charge in [-0.25, -0.2) is 0 Å². The van der Waals surface area contributed by atoms with Gasteiger partial charge in [0.2, 0.25) is 5.91 Å². The lowest BCUT2D eigenvalue weighted by molar-refractivity contribution is -0.122. The van der Waals surface area contributed by atoms with E-state index in [0.717, 1.165) is 12.1 Å². The Morgan fingerprint density at radius 3 is 2.89 bits per heavy atom. The van der Waals surface area contributed by atoms with Gasteiger partial charge in [0, 0.05) is 50.9 Å². The molecular formula is C12H23N5O. The third-order valence-electron chi connectivity index (χ3n) is 2.88. The van der Waals surface area contributed by atoms with Gasteiger partial charge in [-0.3, -0.25) is 14.4 Å². The molecule has 0 radical (unpaired) electrons. The topological polar surface area (TPSA) is 76.2 Å². The number of nitrogens with zero attached hydrogens (tertiary/aromatic N) is 3. The number of nitrogens with two attached hydrogens (primary N) is 1. The van der Waals surface area contributed by atoms with Crippen LogP contribution in [0.3, 0.4) is 0 Å². The van der Waals surface area contributed by atoms with E-state index in [2.05, 4.69) is 15.3 Å². The molecule has 1 amide bonds. The molecule has 3 N–H and O–H groups in total. The second kappa shape index (κ2) is 7.13. The molecular weight excluding hydrogens is 230 g/mol. The first kappa shape index (κ1) is 14.7. The standard InChI is InChI=1S/C12H23N5O/c1-4-14-12(18)5-11(6-13)16(2)8-10-7-15-17(3)9-10/h7,9,11H,4-6,8,13H2,1-3H3,(H,14,18). The Labute approximate surface area is 108 Å². The van der Waals surface area contributed by atoms with Crippen molar-refractivity contribution in [2.24, 2.45) is 12.8 Å². The van der Waals surface area contributed by atoms with Gasteiger partial charge in [-0.1, -0.05) is 0 Å². The van der Waals surface area contributed by atoms with Crippen LogP contribution in [0.5, 0.6) is 0 Å². The Morgan fingerprint density at radius 1 is 1.67 bits per heavy atom. The first-order chi connectivity index (χ1) is 8.56. The highest BCUT2D eigenvalue weighted by Gasteiger charge is 2.17. The van der Waals surface area contributed by atoms with E-state index >= 15 is 0 Å². The Bertz CT molecular complexity index is 376. The number of nitrogens with one attached hydrogen (secondary N) is 1. The maximum atomic E-state index is 11.6. The first-order valence-electron chi connectivity index (χ1n) is 6.21. The first-order valence-corrected chi connectivity index (χ1v) is 6.21. The minimum absolute atomic E-state index is 0.0472. The van der Waals surface area contributed by atoms with Crippen LogP contribution in [0.2, 0.25) is 0 Å². The van der Waals surface area contributed by atoms with Crippen LogP contribution in [-0.4, -0.2) is 46.8 Å². The van der Waals surface area contributed by atoms with E-state index in [1.807, 2.05) is 33.4 Å². The summed E-state index contributed by atoms with van der Waals surface area (Å²) in [4.78, 5) is 13.7. The van der Waals surface area contributed by atoms with Crippen molar-refractivity contribution in [2.45, 2.75) is 25.9 Å². The zero-order chi connectivity index (χ0) is 13.5. The molecule has 0 fully saturated rings. The van der Waals surface area contributed by atoms with E-state index in [1.165, 1.54) is 0 Å². The molecule has 1 aromatic rings. The Morgan fingerprint density at radius 2 is 2.39 bits per heavy atom. The molecule has 0 aliphatic carbocycles. The van der Waals surface area contributed by atoms with Crippen molar-refractivity contribution in [1.29, 1.82) is 0 Å². The lowest BCUT2D eigenvalue weighted by atomic mass is 10.1. The van der Waals surface area contributed by atoms with Crippen molar-refractivity contribution in [1.82, 2.24) is 20.0 Å². The number of aryl methyl sites for hydroxylation is 1. The molecule has 0 bridgehead atoms. The summed E-state index contributed by atoms with van der Waals surface area (Å²) in [5.74, 6) is 0.0472. The molecule has 0 aliphatic rings. The number of carbonyl (C=O) groups excluding carboxylic acids is 1. The highest BCUT2D eigenvalue weighted by atomic mass is 16.1. The Kier molecular flexibility index (Phi) is 5.80. The molecule has 1 aromatic heterocycles. The van der Waals surface area contributed by atoms with Crippen molar-refractivity contribution in [2.75, 3.05) is 20.1 Å². The van der Waals surface area contributed by atoms with Crippen LogP contribution in [0.1, 0.15) is 18.9 Å². The fraction of sp³-hybridized carbons (Fsp3) is 0.667. The number of carbonyl (C=O) groups is 1. The number of amides is 1. The molecule has 18 heavy (non-hydrogen) atoms. The minimum atomic E-state index is 0.0472. The van der Waals surface area contributed by atoms with Crippen LogP contribution < -0.4 is 11.1 Å². The van der Waals surface area contributed by atoms with Crippen molar-refractivity contribution in [3.63, 3.8) is 0 Å². The van der Waals surface area contributed by atoms with Crippen LogP contribution in [0.25, 0.3) is 0 Å². The quantitative estimate of drug-likeness (QED) is 0.700. The molecule has 6 nitrogen and oxygen atoms in total. The molecule has 1 rings (SSSR count). The number of likely N-dealkylation sites (N-methyl/N-ethyl adjacent to an activating group) is 1. The maximum Gasteiger partial charge on any atom is 0.221 e. The SMILES string of the molecule is CCNC(=O)CC(CN)N(C)Cc1cnn(C)c1. The molecule has 102 valence electrons. The average Bonchev–Trinajstić information content (AvgIpc) is 2.72. The van der Waals surface area contributed by atoms with Gasteiger partial charge in [-0.15, -0.1) is 0 Å². The zero-order valence-corrected chi connectivity index (χ0v) is 11.4. The van der Waals surface area contributed by atoms with Crippen molar-refractivity contribution in [3.05, 3.63) is 18.0 Å². The van der Waals surface area contributed by atoms with Gasteiger partial charge in [-0.05, 0) is 14.0 Å². The van der Waals surface area contributed by atoms with Gasteiger partial charge in [0.15, 0.2) is 0 Å². The van der Waals surface area contributed by atoms with Crippen LogP contribution in [0.15, 0.2) is 12.4 Å². The van der Waals surface area contributed by atoms with Gasteiger partial charge >= 0.3 is 0 Å². The number of hydrogen-bond donors (Lipinski definition) is 2. The molecule has 0 aliphatic heterocycles. The van der Waals surface area contributed by atoms with E-state index in [1.54, 1.807) is 4.68 Å². The fourth-order valence-corrected chi connectivity index (χ4v) is 1.87. The van der Waals surface area contributed by atoms with Crippen LogP contribution >= 0.6 is 0 Å². The number of hydrogen-bond acceptors (Lipinski definition) is 4. The second-order valence-corrected chi connectivity index (χ2v) is 4.48. The summed E-state index contributed by atoms with van der Waals surface area (Å²) in [5.41, 5.74) is 6.85. The normalized spacial score (nSPS) is 12.7. The second-order valence-electron chi connectivity index (χ2n) is 4.48. The molecule has 0 spiro atoms. The number of aromatic nitrogens is 2.